The van der Waals surface area contributed by atoms with Crippen LogP contribution >= 0.6 is 0 Å². The van der Waals surface area contributed by atoms with Crippen LogP contribution in [0, 0.1) is 0 Å². The topological polar surface area (TPSA) is 129 Å². The maximum absolute atomic E-state index is 11.9. The summed E-state index contributed by atoms with van der Waals surface area (Å²) < 4.78 is 52.5. The third-order valence-electron chi connectivity index (χ3n) is 6.32. The third kappa shape index (κ3) is 5.83. The van der Waals surface area contributed by atoms with Crippen LogP contribution < -0.4 is 4.74 Å². The lowest BCUT2D eigenvalue weighted by Crippen LogP contribution is -2.40. The first-order valence-electron chi connectivity index (χ1n) is 11.8. The monoisotopic (exact) mass is 539 g/mol. The lowest BCUT2D eigenvalue weighted by Gasteiger charge is -2.37. The van der Waals surface area contributed by atoms with Gasteiger partial charge in [-0.15, -0.1) is 0 Å². The van der Waals surface area contributed by atoms with Crippen molar-refractivity contribution in [1.82, 2.24) is 0 Å². The van der Waals surface area contributed by atoms with E-state index in [0.29, 0.717) is 5.75 Å². The molecule has 1 fully saturated rings. The van der Waals surface area contributed by atoms with Gasteiger partial charge in [-0.25, -0.2) is 0 Å². The summed E-state index contributed by atoms with van der Waals surface area (Å²) in [5, 5.41) is 3.80. The van der Waals surface area contributed by atoms with E-state index in [1.54, 1.807) is 7.11 Å². The highest BCUT2D eigenvalue weighted by Crippen LogP contribution is 2.42. The van der Waals surface area contributed by atoms with Crippen LogP contribution in [0.5, 0.6) is 5.75 Å². The second kappa shape index (κ2) is 12.0. The molecule has 1 saturated heterocycles. The van der Waals surface area contributed by atoms with E-state index in [0.717, 1.165) is 22.9 Å². The quantitative estimate of drug-likeness (QED) is 0.116. The lowest BCUT2D eigenvalue weighted by molar-refractivity contribution is -0.157. The third-order valence-corrected chi connectivity index (χ3v) is 6.89. The molecule has 4 atom stereocenters. The van der Waals surface area contributed by atoms with Gasteiger partial charge in [-0.05, 0) is 34.4 Å². The first kappa shape index (κ1) is 27.6. The van der Waals surface area contributed by atoms with Crippen molar-refractivity contribution >= 4 is 10.1 Å². The van der Waals surface area contributed by atoms with Crippen LogP contribution in [0.4, 0.5) is 0 Å². The summed E-state index contributed by atoms with van der Waals surface area (Å²) in [6.45, 7) is -0.0804. The number of rotatable bonds is 11. The number of azide groups is 1. The van der Waals surface area contributed by atoms with Gasteiger partial charge in [-0.1, -0.05) is 77.9 Å². The van der Waals surface area contributed by atoms with Crippen molar-refractivity contribution in [1.29, 1.82) is 0 Å². The van der Waals surface area contributed by atoms with Gasteiger partial charge in [-0.2, -0.15) is 8.42 Å². The van der Waals surface area contributed by atoms with Crippen LogP contribution in [-0.2, 0) is 34.1 Å². The molecule has 0 N–H and O–H groups in total. The molecule has 200 valence electrons. The van der Waals surface area contributed by atoms with Crippen LogP contribution in [0.1, 0.15) is 16.7 Å². The zero-order valence-corrected chi connectivity index (χ0v) is 22.0. The molecule has 11 heteroatoms. The van der Waals surface area contributed by atoms with Gasteiger partial charge in [0.25, 0.3) is 10.1 Å². The van der Waals surface area contributed by atoms with Crippen LogP contribution in [0.25, 0.3) is 10.4 Å². The summed E-state index contributed by atoms with van der Waals surface area (Å²) in [6.07, 6.45) is -2.22. The summed E-state index contributed by atoms with van der Waals surface area (Å²) >= 11 is 0. The van der Waals surface area contributed by atoms with E-state index >= 15 is 0 Å². The maximum Gasteiger partial charge on any atom is 0.264 e. The number of benzene rings is 3. The Bertz CT molecular complexity index is 1310. The first-order chi connectivity index (χ1) is 18.3. The minimum Gasteiger partial charge on any atom is -0.497 e. The Morgan fingerprint density at radius 1 is 0.921 bits per heavy atom. The van der Waals surface area contributed by atoms with Crippen molar-refractivity contribution in [3.63, 3.8) is 0 Å². The van der Waals surface area contributed by atoms with E-state index in [4.69, 9.17) is 23.1 Å². The Hall–Kier alpha value is -3.44. The molecule has 4 rings (SSSR count). The van der Waals surface area contributed by atoms with Crippen molar-refractivity contribution in [2.75, 3.05) is 27.1 Å². The van der Waals surface area contributed by atoms with Crippen molar-refractivity contribution in [2.24, 2.45) is 5.11 Å². The molecule has 38 heavy (non-hydrogen) atoms. The SMILES string of the molecule is COc1ccc(C(OC[C@H]2O[C@H](OC)[C@@H](OS(C)(=O)=O)[C@@H]2N=[N+]=[N-])(c2ccccc2)c2ccccc2)cc1. The minimum atomic E-state index is -3.90. The molecular formula is C27H29N3O7S. The van der Waals surface area contributed by atoms with E-state index in [9.17, 15) is 13.9 Å². The molecule has 1 heterocycles. The molecule has 0 saturated carbocycles. The van der Waals surface area contributed by atoms with Gasteiger partial charge < -0.3 is 18.9 Å². The summed E-state index contributed by atoms with van der Waals surface area (Å²) in [4.78, 5) is 2.90. The molecule has 0 spiro atoms. The highest BCUT2D eigenvalue weighted by atomic mass is 32.2. The first-order valence-corrected chi connectivity index (χ1v) is 13.6. The average molecular weight is 540 g/mol. The number of nitrogens with zero attached hydrogens (tertiary/aromatic N) is 3. The smallest absolute Gasteiger partial charge is 0.264 e. The fourth-order valence-corrected chi connectivity index (χ4v) is 5.27. The van der Waals surface area contributed by atoms with Crippen LogP contribution in [-0.4, -0.2) is 60.0 Å². The molecule has 0 aliphatic carbocycles. The number of ether oxygens (including phenoxy) is 4. The van der Waals surface area contributed by atoms with Gasteiger partial charge in [0.1, 0.15) is 17.5 Å². The minimum absolute atomic E-state index is 0.0804. The Morgan fingerprint density at radius 2 is 1.47 bits per heavy atom. The predicted octanol–water partition coefficient (Wildman–Crippen LogP) is 4.40. The van der Waals surface area contributed by atoms with Gasteiger partial charge in [0.05, 0.1) is 32.1 Å². The van der Waals surface area contributed by atoms with E-state index in [-0.39, 0.29) is 6.61 Å². The molecular weight excluding hydrogens is 510 g/mol. The summed E-state index contributed by atoms with van der Waals surface area (Å²) in [5.74, 6) is 0.690. The number of hydrogen-bond acceptors (Lipinski definition) is 8. The molecule has 3 aromatic carbocycles. The van der Waals surface area contributed by atoms with Crippen molar-refractivity contribution < 1.29 is 31.5 Å². The zero-order valence-electron chi connectivity index (χ0n) is 21.2. The molecule has 1 aliphatic rings. The highest BCUT2D eigenvalue weighted by Gasteiger charge is 2.49. The highest BCUT2D eigenvalue weighted by molar-refractivity contribution is 7.86. The van der Waals surface area contributed by atoms with Gasteiger partial charge in [-0.3, -0.25) is 4.18 Å². The summed E-state index contributed by atoms with van der Waals surface area (Å²) in [7, 11) is -0.945. The fourth-order valence-electron chi connectivity index (χ4n) is 4.66. The van der Waals surface area contributed by atoms with E-state index in [2.05, 4.69) is 10.0 Å². The van der Waals surface area contributed by atoms with Crippen LogP contribution in [0.2, 0.25) is 0 Å². The number of hydrogen-bond donors (Lipinski definition) is 0. The van der Waals surface area contributed by atoms with E-state index in [1.165, 1.54) is 7.11 Å². The molecule has 10 nitrogen and oxygen atoms in total. The zero-order chi connectivity index (χ0) is 27.2. The van der Waals surface area contributed by atoms with Crippen molar-refractivity contribution in [3.8, 4) is 5.75 Å². The van der Waals surface area contributed by atoms with Crippen molar-refractivity contribution in [2.45, 2.75) is 30.1 Å². The fraction of sp³-hybridized carbons (Fsp3) is 0.333. The Morgan fingerprint density at radius 3 is 1.95 bits per heavy atom. The molecule has 0 unspecified atom stereocenters. The predicted molar refractivity (Wildman–Crippen MR) is 140 cm³/mol. The number of methoxy groups -OCH3 is 2. The Labute approximate surface area is 221 Å². The molecule has 0 amide bonds. The molecule has 0 aromatic heterocycles. The second-order valence-corrected chi connectivity index (χ2v) is 10.3. The van der Waals surface area contributed by atoms with Crippen LogP contribution in [0.15, 0.2) is 90.0 Å². The Kier molecular flexibility index (Phi) is 8.68. The van der Waals surface area contributed by atoms with Gasteiger partial charge in [0.15, 0.2) is 6.29 Å². The maximum atomic E-state index is 11.9. The molecule has 0 bridgehead atoms. The van der Waals surface area contributed by atoms with Gasteiger partial charge >= 0.3 is 0 Å². The van der Waals surface area contributed by atoms with Crippen molar-refractivity contribution in [3.05, 3.63) is 112 Å². The molecule has 0 radical (unpaired) electrons. The summed E-state index contributed by atoms with van der Waals surface area (Å²) in [5.41, 5.74) is 10.7. The summed E-state index contributed by atoms with van der Waals surface area (Å²) in [6, 6.07) is 25.9. The lowest BCUT2D eigenvalue weighted by atomic mass is 9.80. The Balaban J connectivity index is 1.80. The van der Waals surface area contributed by atoms with E-state index in [1.807, 2.05) is 84.9 Å². The van der Waals surface area contributed by atoms with Gasteiger partial charge in [0.2, 0.25) is 0 Å². The molecule has 1 aliphatic heterocycles. The van der Waals surface area contributed by atoms with E-state index < -0.39 is 40.3 Å². The molecule has 3 aromatic rings. The second-order valence-electron chi connectivity index (χ2n) is 8.69. The standard InChI is InChI=1S/C27H29N3O7S/c1-33-22-16-14-21(15-17-22)27(19-10-6-4-7-11-19,20-12-8-5-9-13-20)35-18-23-24(29-30-28)25(26(34-2)36-23)37-38(3,31)32/h4-17,23-26H,18H2,1-3H3/t23-,24-,25+,26+/m1/s1. The normalized spacial score (nSPS) is 21.6. The average Bonchev–Trinajstić information content (AvgIpc) is 3.25. The van der Waals surface area contributed by atoms with Gasteiger partial charge in [0, 0.05) is 12.0 Å². The van der Waals surface area contributed by atoms with Crippen LogP contribution in [0.3, 0.4) is 0 Å². The largest absolute Gasteiger partial charge is 0.497 e.